The van der Waals surface area contributed by atoms with E-state index in [1.807, 2.05) is 0 Å². The van der Waals surface area contributed by atoms with E-state index in [9.17, 15) is 4.79 Å². The second-order valence-electron chi connectivity index (χ2n) is 4.80. The maximum Gasteiger partial charge on any atom is 0.254 e. The van der Waals surface area contributed by atoms with Gasteiger partial charge in [0.2, 0.25) is 0 Å². The molecule has 1 heterocycles. The first kappa shape index (κ1) is 14.2. The Morgan fingerprint density at radius 1 is 1.20 bits per heavy atom. The highest BCUT2D eigenvalue weighted by molar-refractivity contribution is 5.95. The molecule has 1 aromatic rings. The van der Waals surface area contributed by atoms with Crippen molar-refractivity contribution in [1.29, 1.82) is 5.26 Å². The molecule has 1 aliphatic heterocycles. The number of ether oxygens (including phenoxy) is 2. The van der Waals surface area contributed by atoms with Gasteiger partial charge in [0.15, 0.2) is 0 Å². The summed E-state index contributed by atoms with van der Waals surface area (Å²) in [4.78, 5) is 14.2. The van der Waals surface area contributed by atoms with E-state index < -0.39 is 0 Å². The van der Waals surface area contributed by atoms with Crippen LogP contribution in [0.25, 0.3) is 0 Å². The second kappa shape index (κ2) is 6.29. The van der Waals surface area contributed by atoms with Gasteiger partial charge in [0.25, 0.3) is 5.91 Å². The van der Waals surface area contributed by atoms with Crippen molar-refractivity contribution in [2.45, 2.75) is 12.8 Å². The van der Waals surface area contributed by atoms with Crippen molar-refractivity contribution in [1.82, 2.24) is 4.90 Å². The summed E-state index contributed by atoms with van der Waals surface area (Å²) in [5.41, 5.74) is 0.552. The summed E-state index contributed by atoms with van der Waals surface area (Å²) in [6.07, 6.45) is 1.48. The molecule has 1 fully saturated rings. The third kappa shape index (κ3) is 3.02. The van der Waals surface area contributed by atoms with Crippen LogP contribution in [0.2, 0.25) is 0 Å². The Hall–Kier alpha value is -2.22. The third-order valence-corrected chi connectivity index (χ3v) is 3.56. The lowest BCUT2D eigenvalue weighted by Gasteiger charge is -2.29. The number of carbonyl (C=O) groups is 1. The molecule has 0 bridgehead atoms. The van der Waals surface area contributed by atoms with E-state index in [4.69, 9.17) is 14.7 Å². The SMILES string of the molecule is COc1cc(OC)cc(C(=O)N2CCC(C#N)CC2)c1. The quantitative estimate of drug-likeness (QED) is 0.846. The molecule has 0 atom stereocenters. The highest BCUT2D eigenvalue weighted by Crippen LogP contribution is 2.25. The monoisotopic (exact) mass is 274 g/mol. The number of hydrogen-bond donors (Lipinski definition) is 0. The van der Waals surface area contributed by atoms with E-state index in [1.54, 1.807) is 37.3 Å². The van der Waals surface area contributed by atoms with Crippen molar-refractivity contribution < 1.29 is 14.3 Å². The van der Waals surface area contributed by atoms with Crippen LogP contribution < -0.4 is 9.47 Å². The average molecular weight is 274 g/mol. The van der Waals surface area contributed by atoms with Gasteiger partial charge in [-0.15, -0.1) is 0 Å². The minimum atomic E-state index is -0.0430. The van der Waals surface area contributed by atoms with Crippen molar-refractivity contribution in [3.8, 4) is 17.6 Å². The summed E-state index contributed by atoms with van der Waals surface area (Å²) in [6, 6.07) is 7.42. The fourth-order valence-electron chi connectivity index (χ4n) is 2.33. The van der Waals surface area contributed by atoms with Crippen molar-refractivity contribution in [2.75, 3.05) is 27.3 Å². The van der Waals surface area contributed by atoms with Crippen LogP contribution >= 0.6 is 0 Å². The topological polar surface area (TPSA) is 62.6 Å². The molecular formula is C15H18N2O3. The van der Waals surface area contributed by atoms with Crippen LogP contribution in [0.15, 0.2) is 18.2 Å². The normalized spacial score (nSPS) is 15.6. The Kier molecular flexibility index (Phi) is 4.46. The number of amides is 1. The Bertz CT molecular complexity index is 506. The number of hydrogen-bond acceptors (Lipinski definition) is 4. The van der Waals surface area contributed by atoms with E-state index in [-0.39, 0.29) is 11.8 Å². The van der Waals surface area contributed by atoms with E-state index in [2.05, 4.69) is 6.07 Å². The summed E-state index contributed by atoms with van der Waals surface area (Å²) in [7, 11) is 3.11. The number of carbonyl (C=O) groups excluding carboxylic acids is 1. The zero-order chi connectivity index (χ0) is 14.5. The van der Waals surface area contributed by atoms with Crippen LogP contribution in [0, 0.1) is 17.2 Å². The Balaban J connectivity index is 2.15. The fourth-order valence-corrected chi connectivity index (χ4v) is 2.33. The van der Waals surface area contributed by atoms with Crippen molar-refractivity contribution in [2.24, 2.45) is 5.92 Å². The number of rotatable bonds is 3. The predicted octanol–water partition coefficient (Wildman–Crippen LogP) is 2.08. The minimum Gasteiger partial charge on any atom is -0.497 e. The van der Waals surface area contributed by atoms with Gasteiger partial charge in [-0.25, -0.2) is 0 Å². The van der Waals surface area contributed by atoms with Gasteiger partial charge in [0.1, 0.15) is 11.5 Å². The third-order valence-electron chi connectivity index (χ3n) is 3.56. The first-order valence-corrected chi connectivity index (χ1v) is 6.60. The summed E-state index contributed by atoms with van der Waals surface area (Å²) in [5.74, 6) is 1.22. The van der Waals surface area contributed by atoms with Crippen LogP contribution in [0.3, 0.4) is 0 Å². The zero-order valence-corrected chi connectivity index (χ0v) is 11.8. The lowest BCUT2D eigenvalue weighted by molar-refractivity contribution is 0.0706. The highest BCUT2D eigenvalue weighted by atomic mass is 16.5. The first-order valence-electron chi connectivity index (χ1n) is 6.60. The van der Waals surface area contributed by atoms with E-state index in [1.165, 1.54) is 0 Å². The molecule has 0 aromatic heterocycles. The van der Waals surface area contributed by atoms with Crippen LogP contribution in [0.4, 0.5) is 0 Å². The molecule has 0 unspecified atom stereocenters. The van der Waals surface area contributed by atoms with Crippen LogP contribution in [0.1, 0.15) is 23.2 Å². The van der Waals surface area contributed by atoms with Crippen molar-refractivity contribution in [3.63, 3.8) is 0 Å². The van der Waals surface area contributed by atoms with Crippen LogP contribution in [-0.2, 0) is 0 Å². The van der Waals surface area contributed by atoms with Crippen molar-refractivity contribution in [3.05, 3.63) is 23.8 Å². The largest absolute Gasteiger partial charge is 0.497 e. The highest BCUT2D eigenvalue weighted by Gasteiger charge is 2.24. The number of nitriles is 1. The predicted molar refractivity (Wildman–Crippen MR) is 73.8 cm³/mol. The molecular weight excluding hydrogens is 256 g/mol. The molecule has 1 saturated heterocycles. The number of piperidine rings is 1. The van der Waals surface area contributed by atoms with Gasteiger partial charge in [0.05, 0.1) is 20.3 Å². The van der Waals surface area contributed by atoms with E-state index >= 15 is 0 Å². The maximum absolute atomic E-state index is 12.5. The van der Waals surface area contributed by atoms with Crippen LogP contribution in [-0.4, -0.2) is 38.1 Å². The summed E-state index contributed by atoms with van der Waals surface area (Å²) in [6.45, 7) is 1.24. The minimum absolute atomic E-state index is 0.0430. The molecule has 0 radical (unpaired) electrons. The first-order chi connectivity index (χ1) is 9.67. The molecule has 0 spiro atoms. The summed E-state index contributed by atoms with van der Waals surface area (Å²) >= 11 is 0. The summed E-state index contributed by atoms with van der Waals surface area (Å²) in [5, 5.41) is 8.88. The molecule has 5 heteroatoms. The number of nitrogens with zero attached hydrogens (tertiary/aromatic N) is 2. The lowest BCUT2D eigenvalue weighted by Crippen LogP contribution is -2.38. The Morgan fingerprint density at radius 3 is 2.20 bits per heavy atom. The van der Waals surface area contributed by atoms with Gasteiger partial charge in [-0.1, -0.05) is 0 Å². The lowest BCUT2D eigenvalue weighted by atomic mass is 9.98. The molecule has 106 valence electrons. The molecule has 20 heavy (non-hydrogen) atoms. The number of likely N-dealkylation sites (tertiary alicyclic amines) is 1. The number of methoxy groups -OCH3 is 2. The van der Waals surface area contributed by atoms with Gasteiger partial charge in [-0.3, -0.25) is 4.79 Å². The van der Waals surface area contributed by atoms with Crippen molar-refractivity contribution >= 4 is 5.91 Å². The zero-order valence-electron chi connectivity index (χ0n) is 11.8. The Labute approximate surface area is 118 Å². The maximum atomic E-state index is 12.5. The molecule has 1 amide bonds. The molecule has 0 aliphatic carbocycles. The molecule has 0 N–H and O–H groups in total. The molecule has 0 saturated carbocycles. The second-order valence-corrected chi connectivity index (χ2v) is 4.80. The fraction of sp³-hybridized carbons (Fsp3) is 0.467. The average Bonchev–Trinajstić information content (AvgIpc) is 2.53. The van der Waals surface area contributed by atoms with Gasteiger partial charge in [0, 0.05) is 30.6 Å². The molecule has 5 nitrogen and oxygen atoms in total. The molecule has 1 aliphatic rings. The van der Waals surface area contributed by atoms with E-state index in [0.29, 0.717) is 30.2 Å². The molecule has 1 aromatic carbocycles. The van der Waals surface area contributed by atoms with Gasteiger partial charge < -0.3 is 14.4 Å². The Morgan fingerprint density at radius 2 is 1.75 bits per heavy atom. The van der Waals surface area contributed by atoms with Gasteiger partial charge >= 0.3 is 0 Å². The number of benzene rings is 1. The van der Waals surface area contributed by atoms with Gasteiger partial charge in [-0.05, 0) is 25.0 Å². The summed E-state index contributed by atoms with van der Waals surface area (Å²) < 4.78 is 10.4. The van der Waals surface area contributed by atoms with Crippen LogP contribution in [0.5, 0.6) is 11.5 Å². The van der Waals surface area contributed by atoms with E-state index in [0.717, 1.165) is 12.8 Å². The smallest absolute Gasteiger partial charge is 0.254 e. The standard InChI is InChI=1S/C15H18N2O3/c1-19-13-7-12(8-14(9-13)20-2)15(18)17-5-3-11(10-16)4-6-17/h7-9,11H,3-6H2,1-2H3. The van der Waals surface area contributed by atoms with Gasteiger partial charge in [-0.2, -0.15) is 5.26 Å². The molecule has 2 rings (SSSR count).